The fourth-order valence-corrected chi connectivity index (χ4v) is 6.15. The maximum absolute atomic E-state index is 12.8. The van der Waals surface area contributed by atoms with Gasteiger partial charge in [0.2, 0.25) is 12.2 Å². The number of hydrogen-bond donors (Lipinski definition) is 1. The van der Waals surface area contributed by atoms with Crippen LogP contribution >= 0.6 is 0 Å². The van der Waals surface area contributed by atoms with Gasteiger partial charge in [0.25, 0.3) is 5.91 Å². The lowest BCUT2D eigenvalue weighted by molar-refractivity contribution is -0.154. The van der Waals surface area contributed by atoms with Crippen molar-refractivity contribution in [2.45, 2.75) is 63.1 Å². The van der Waals surface area contributed by atoms with Gasteiger partial charge in [0.05, 0.1) is 19.2 Å². The first-order chi connectivity index (χ1) is 16.5. The first-order valence-electron chi connectivity index (χ1n) is 12.5. The van der Waals surface area contributed by atoms with Crippen LogP contribution in [0.1, 0.15) is 55.7 Å². The molecule has 8 nitrogen and oxygen atoms in total. The third-order valence-corrected chi connectivity index (χ3v) is 8.12. The molecule has 0 saturated carbocycles. The highest BCUT2D eigenvalue weighted by Crippen LogP contribution is 2.44. The van der Waals surface area contributed by atoms with E-state index in [0.717, 1.165) is 44.4 Å². The number of carbonyl (C=O) groups excluding carboxylic acids is 3. The second kappa shape index (κ2) is 10.9. The maximum Gasteiger partial charge on any atom is 0.286 e. The second-order valence-corrected chi connectivity index (χ2v) is 9.87. The fourth-order valence-electron chi connectivity index (χ4n) is 6.15. The normalized spacial score (nSPS) is 26.7. The number of piperidine rings is 2. The molecule has 186 valence electrons. The van der Waals surface area contributed by atoms with Crippen molar-refractivity contribution < 1.29 is 24.2 Å². The highest BCUT2D eigenvalue weighted by atomic mass is 16.5. The number of rotatable bonds is 4. The number of fused-ring (bicyclic) bond motifs is 6. The van der Waals surface area contributed by atoms with Gasteiger partial charge in [-0.05, 0) is 81.2 Å². The number of piperazine rings is 1. The SMILES string of the molecule is COc1ccc2c(c1)CCN1C(=O)C3CCCC(C21)N3C.O=CC(=O)N1CCC(CCO)CC1. The summed E-state index contributed by atoms with van der Waals surface area (Å²) in [5.74, 6) is 1.35. The summed E-state index contributed by atoms with van der Waals surface area (Å²) in [7, 11) is 3.84. The van der Waals surface area contributed by atoms with Crippen molar-refractivity contribution in [3.63, 3.8) is 0 Å². The van der Waals surface area contributed by atoms with Crippen molar-refractivity contribution in [3.05, 3.63) is 29.3 Å². The topological polar surface area (TPSA) is 90.4 Å². The van der Waals surface area contributed by atoms with Crippen LogP contribution < -0.4 is 4.74 Å². The zero-order valence-corrected chi connectivity index (χ0v) is 20.3. The molecule has 1 N–H and O–H groups in total. The summed E-state index contributed by atoms with van der Waals surface area (Å²) in [6, 6.07) is 7.15. The van der Waals surface area contributed by atoms with Gasteiger partial charge in [-0.25, -0.2) is 0 Å². The Bertz CT molecular complexity index is 898. The van der Waals surface area contributed by atoms with Crippen LogP contribution in [0.15, 0.2) is 18.2 Å². The van der Waals surface area contributed by atoms with Gasteiger partial charge < -0.3 is 19.6 Å². The van der Waals surface area contributed by atoms with E-state index in [0.29, 0.717) is 37.2 Å². The van der Waals surface area contributed by atoms with Crippen LogP contribution in [0.3, 0.4) is 0 Å². The van der Waals surface area contributed by atoms with Gasteiger partial charge in [0.15, 0.2) is 0 Å². The van der Waals surface area contributed by atoms with Crippen molar-refractivity contribution in [2.75, 3.05) is 40.4 Å². The van der Waals surface area contributed by atoms with E-state index in [1.807, 2.05) is 6.07 Å². The number of likely N-dealkylation sites (tertiary alicyclic amines) is 1. The zero-order chi connectivity index (χ0) is 24.2. The van der Waals surface area contributed by atoms with Crippen molar-refractivity contribution in [1.29, 1.82) is 0 Å². The number of nitrogens with zero attached hydrogens (tertiary/aromatic N) is 3. The quantitative estimate of drug-likeness (QED) is 0.532. The van der Waals surface area contributed by atoms with E-state index in [-0.39, 0.29) is 18.7 Å². The van der Waals surface area contributed by atoms with Crippen LogP contribution in [0.4, 0.5) is 0 Å². The van der Waals surface area contributed by atoms with Gasteiger partial charge in [0, 0.05) is 32.3 Å². The van der Waals surface area contributed by atoms with E-state index in [9.17, 15) is 14.4 Å². The van der Waals surface area contributed by atoms with Crippen LogP contribution in [-0.2, 0) is 20.8 Å². The van der Waals surface area contributed by atoms with E-state index < -0.39 is 5.91 Å². The van der Waals surface area contributed by atoms with E-state index in [1.165, 1.54) is 24.0 Å². The predicted molar refractivity (Wildman–Crippen MR) is 127 cm³/mol. The Kier molecular flexibility index (Phi) is 7.88. The summed E-state index contributed by atoms with van der Waals surface area (Å²) >= 11 is 0. The molecule has 2 amide bonds. The molecule has 4 aliphatic rings. The van der Waals surface area contributed by atoms with Gasteiger partial charge in [-0.1, -0.05) is 6.07 Å². The monoisotopic (exact) mass is 471 g/mol. The standard InChI is InChI=1S/C17H22N2O2.C9H15NO3/c1-18-14-4-3-5-15(18)17(20)19-9-8-11-10-12(21-2)6-7-13(11)16(14)19;11-6-3-8-1-4-10(5-2-8)9(13)7-12/h6-7,10,14-16H,3-5,8-9H2,1-2H3;7-8,11H,1-6H2. The number of aliphatic hydroxyl groups is 1. The molecule has 1 aromatic carbocycles. The van der Waals surface area contributed by atoms with Gasteiger partial charge in [-0.2, -0.15) is 0 Å². The third kappa shape index (κ3) is 4.84. The van der Waals surface area contributed by atoms with Crippen molar-refractivity contribution in [3.8, 4) is 5.75 Å². The van der Waals surface area contributed by atoms with Gasteiger partial charge >= 0.3 is 0 Å². The van der Waals surface area contributed by atoms with Crippen molar-refractivity contribution in [1.82, 2.24) is 14.7 Å². The van der Waals surface area contributed by atoms with Crippen LogP contribution in [0.2, 0.25) is 0 Å². The summed E-state index contributed by atoms with van der Waals surface area (Å²) < 4.78 is 5.35. The lowest BCUT2D eigenvalue weighted by Crippen LogP contribution is -2.64. The average molecular weight is 472 g/mol. The molecule has 4 aliphatic heterocycles. The maximum atomic E-state index is 12.8. The Morgan fingerprint density at radius 3 is 2.62 bits per heavy atom. The van der Waals surface area contributed by atoms with Crippen molar-refractivity contribution in [2.24, 2.45) is 5.92 Å². The molecule has 3 fully saturated rings. The molecule has 0 aromatic heterocycles. The average Bonchev–Trinajstić information content (AvgIpc) is 2.87. The molecule has 3 atom stereocenters. The number of benzene rings is 1. The van der Waals surface area contributed by atoms with Crippen LogP contribution in [-0.4, -0.2) is 90.4 Å². The number of amides is 2. The minimum absolute atomic E-state index is 0.111. The zero-order valence-electron chi connectivity index (χ0n) is 20.3. The Morgan fingerprint density at radius 1 is 1.18 bits per heavy atom. The summed E-state index contributed by atoms with van der Waals surface area (Å²) in [5.41, 5.74) is 2.67. The molecular weight excluding hydrogens is 434 g/mol. The number of likely N-dealkylation sites (N-methyl/N-ethyl adjacent to an activating group) is 1. The summed E-state index contributed by atoms with van der Waals surface area (Å²) in [6.45, 7) is 2.38. The van der Waals surface area contributed by atoms with E-state index in [2.05, 4.69) is 29.0 Å². The molecule has 4 heterocycles. The van der Waals surface area contributed by atoms with Crippen molar-refractivity contribution >= 4 is 18.1 Å². The number of ether oxygens (including phenoxy) is 1. The Morgan fingerprint density at radius 2 is 1.94 bits per heavy atom. The number of hydrogen-bond acceptors (Lipinski definition) is 6. The molecule has 3 saturated heterocycles. The molecule has 8 heteroatoms. The largest absolute Gasteiger partial charge is 0.497 e. The highest BCUT2D eigenvalue weighted by Gasteiger charge is 2.49. The molecule has 0 radical (unpaired) electrons. The molecule has 0 spiro atoms. The van der Waals surface area contributed by atoms with E-state index in [4.69, 9.17) is 9.84 Å². The highest BCUT2D eigenvalue weighted by molar-refractivity contribution is 6.23. The Balaban J connectivity index is 0.000000182. The number of aldehydes is 1. The smallest absolute Gasteiger partial charge is 0.286 e. The third-order valence-electron chi connectivity index (χ3n) is 8.12. The summed E-state index contributed by atoms with van der Waals surface area (Å²) in [5, 5.41) is 8.70. The summed E-state index contributed by atoms with van der Waals surface area (Å²) in [4.78, 5) is 39.9. The lowest BCUT2D eigenvalue weighted by Gasteiger charge is -2.54. The Labute approximate surface area is 201 Å². The lowest BCUT2D eigenvalue weighted by atomic mass is 9.79. The minimum Gasteiger partial charge on any atom is -0.497 e. The molecule has 5 rings (SSSR count). The molecule has 2 bridgehead atoms. The van der Waals surface area contributed by atoms with Crippen LogP contribution in [0.5, 0.6) is 5.75 Å². The Hall–Kier alpha value is -2.45. The molecule has 1 aromatic rings. The number of carbonyl (C=O) groups is 3. The second-order valence-electron chi connectivity index (χ2n) is 9.87. The summed E-state index contributed by atoms with van der Waals surface area (Å²) in [6.07, 6.45) is 7.30. The minimum atomic E-state index is -0.414. The van der Waals surface area contributed by atoms with Crippen LogP contribution in [0.25, 0.3) is 0 Å². The molecule has 34 heavy (non-hydrogen) atoms. The van der Waals surface area contributed by atoms with Gasteiger partial charge in [-0.15, -0.1) is 0 Å². The molecule has 3 unspecified atom stereocenters. The first kappa shape index (κ1) is 24.7. The first-order valence-corrected chi connectivity index (χ1v) is 12.5. The van der Waals surface area contributed by atoms with Gasteiger partial charge in [-0.3, -0.25) is 19.3 Å². The number of methoxy groups -OCH3 is 1. The molecule has 0 aliphatic carbocycles. The van der Waals surface area contributed by atoms with Gasteiger partial charge in [0.1, 0.15) is 5.75 Å². The molecular formula is C26H37N3O5. The van der Waals surface area contributed by atoms with E-state index in [1.54, 1.807) is 12.0 Å². The van der Waals surface area contributed by atoms with Crippen LogP contribution in [0, 0.1) is 5.92 Å². The predicted octanol–water partition coefficient (Wildman–Crippen LogP) is 1.79. The number of aliphatic hydroxyl groups excluding tert-OH is 1. The van der Waals surface area contributed by atoms with E-state index >= 15 is 0 Å². The fraction of sp³-hybridized carbons (Fsp3) is 0.654.